The number of imidazole rings is 1. The number of primary amides is 1. The molecule has 112 valence electrons. The molecule has 0 fully saturated rings. The van der Waals surface area contributed by atoms with Crippen molar-refractivity contribution in [1.82, 2.24) is 9.55 Å². The van der Waals surface area contributed by atoms with Crippen LogP contribution < -0.4 is 5.73 Å². The van der Waals surface area contributed by atoms with Crippen LogP contribution in [0, 0.1) is 0 Å². The average molecular weight is 301 g/mol. The van der Waals surface area contributed by atoms with Gasteiger partial charge in [0, 0.05) is 13.0 Å². The second-order valence-corrected chi connectivity index (χ2v) is 4.31. The molecule has 0 radical (unpaired) electrons. The van der Waals surface area contributed by atoms with Crippen LogP contribution in [-0.4, -0.2) is 26.5 Å². The van der Waals surface area contributed by atoms with Gasteiger partial charge in [0.15, 0.2) is 0 Å². The molecule has 1 heterocycles. The maximum Gasteiger partial charge on any atom is 0.449 e. The number of halogens is 3. The number of alkyl halides is 3. The van der Waals surface area contributed by atoms with Gasteiger partial charge >= 0.3 is 12.1 Å². The molecular weight excluding hydrogens is 291 g/mol. The number of benzene rings is 1. The third kappa shape index (κ3) is 2.96. The number of rotatable bonds is 4. The van der Waals surface area contributed by atoms with Crippen molar-refractivity contribution in [3.05, 3.63) is 29.6 Å². The Hall–Kier alpha value is -2.58. The van der Waals surface area contributed by atoms with E-state index in [4.69, 9.17) is 10.8 Å². The number of aromatic carboxylic acids is 1. The monoisotopic (exact) mass is 301 g/mol. The van der Waals surface area contributed by atoms with Crippen molar-refractivity contribution in [2.24, 2.45) is 5.73 Å². The van der Waals surface area contributed by atoms with E-state index in [-0.39, 0.29) is 29.6 Å². The standard InChI is InChI=1S/C12H10F3N3O3/c13-12(14,15)11-17-7-5-6(10(20)21)1-2-8(7)18(11)4-3-9(16)19/h1-2,5H,3-4H2,(H2,16,19)(H,20,21). The minimum Gasteiger partial charge on any atom is -0.478 e. The molecule has 2 rings (SSSR count). The Morgan fingerprint density at radius 1 is 1.33 bits per heavy atom. The Morgan fingerprint density at radius 2 is 2.00 bits per heavy atom. The number of amides is 1. The van der Waals surface area contributed by atoms with E-state index in [1.54, 1.807) is 0 Å². The Balaban J connectivity index is 2.61. The van der Waals surface area contributed by atoms with Crippen molar-refractivity contribution < 1.29 is 27.9 Å². The first-order chi connectivity index (χ1) is 9.70. The number of nitrogens with two attached hydrogens (primary N) is 1. The van der Waals surface area contributed by atoms with Crippen molar-refractivity contribution in [3.8, 4) is 0 Å². The van der Waals surface area contributed by atoms with Crippen LogP contribution in [0.15, 0.2) is 18.2 Å². The largest absolute Gasteiger partial charge is 0.478 e. The highest BCUT2D eigenvalue weighted by atomic mass is 19.4. The van der Waals surface area contributed by atoms with Crippen LogP contribution in [0.1, 0.15) is 22.6 Å². The molecule has 1 aromatic heterocycles. The van der Waals surface area contributed by atoms with Gasteiger partial charge in [0.2, 0.25) is 11.7 Å². The number of hydrogen-bond acceptors (Lipinski definition) is 3. The SMILES string of the molecule is NC(=O)CCn1c(C(F)(F)F)nc2cc(C(=O)O)ccc21. The number of aromatic nitrogens is 2. The lowest BCUT2D eigenvalue weighted by molar-refractivity contribution is -0.147. The lowest BCUT2D eigenvalue weighted by atomic mass is 10.2. The summed E-state index contributed by atoms with van der Waals surface area (Å²) in [6.07, 6.45) is -5.00. The van der Waals surface area contributed by atoms with Crippen LogP contribution in [0.5, 0.6) is 0 Å². The number of nitrogens with zero attached hydrogens (tertiary/aromatic N) is 2. The molecule has 21 heavy (non-hydrogen) atoms. The van der Waals surface area contributed by atoms with Gasteiger partial charge in [-0.3, -0.25) is 4.79 Å². The van der Waals surface area contributed by atoms with Gasteiger partial charge in [0.25, 0.3) is 0 Å². The highest BCUT2D eigenvalue weighted by Crippen LogP contribution is 2.32. The van der Waals surface area contributed by atoms with Gasteiger partial charge in [0.05, 0.1) is 16.6 Å². The van der Waals surface area contributed by atoms with E-state index in [9.17, 15) is 22.8 Å². The van der Waals surface area contributed by atoms with E-state index >= 15 is 0 Å². The summed E-state index contributed by atoms with van der Waals surface area (Å²) in [6.45, 7) is -0.285. The molecule has 0 aliphatic heterocycles. The highest BCUT2D eigenvalue weighted by Gasteiger charge is 2.37. The number of fused-ring (bicyclic) bond motifs is 1. The van der Waals surface area contributed by atoms with E-state index < -0.39 is 23.9 Å². The summed E-state index contributed by atoms with van der Waals surface area (Å²) in [5, 5.41) is 8.84. The van der Waals surface area contributed by atoms with Crippen LogP contribution in [0.25, 0.3) is 11.0 Å². The van der Waals surface area contributed by atoms with Gasteiger partial charge < -0.3 is 15.4 Å². The molecule has 0 aliphatic carbocycles. The number of carbonyl (C=O) groups is 2. The zero-order chi connectivity index (χ0) is 15.8. The summed E-state index contributed by atoms with van der Waals surface area (Å²) in [6, 6.07) is 3.45. The Bertz CT molecular complexity index is 722. The normalized spacial score (nSPS) is 11.8. The minimum absolute atomic E-state index is 0.0913. The van der Waals surface area contributed by atoms with E-state index in [1.807, 2.05) is 0 Å². The Morgan fingerprint density at radius 3 is 2.52 bits per heavy atom. The number of aryl methyl sites for hydroxylation is 1. The number of hydrogen-bond donors (Lipinski definition) is 2. The summed E-state index contributed by atoms with van der Waals surface area (Å²) >= 11 is 0. The molecule has 0 saturated carbocycles. The molecule has 0 saturated heterocycles. The first-order valence-electron chi connectivity index (χ1n) is 5.79. The zero-order valence-corrected chi connectivity index (χ0v) is 10.5. The van der Waals surface area contributed by atoms with Gasteiger partial charge in [-0.25, -0.2) is 9.78 Å². The van der Waals surface area contributed by atoms with Gasteiger partial charge in [-0.1, -0.05) is 0 Å². The summed E-state index contributed by atoms with van der Waals surface area (Å²) in [4.78, 5) is 25.0. The van der Waals surface area contributed by atoms with Crippen molar-refractivity contribution in [1.29, 1.82) is 0 Å². The van der Waals surface area contributed by atoms with E-state index in [0.29, 0.717) is 0 Å². The van der Waals surface area contributed by atoms with Gasteiger partial charge in [-0.2, -0.15) is 13.2 Å². The summed E-state index contributed by atoms with van der Waals surface area (Å²) < 4.78 is 39.7. The number of carbonyl (C=O) groups excluding carboxylic acids is 1. The molecule has 3 N–H and O–H groups in total. The van der Waals surface area contributed by atoms with Gasteiger partial charge in [0.1, 0.15) is 0 Å². The fourth-order valence-electron chi connectivity index (χ4n) is 1.93. The smallest absolute Gasteiger partial charge is 0.449 e. The molecule has 0 bridgehead atoms. The van der Waals surface area contributed by atoms with Crippen LogP contribution in [0.2, 0.25) is 0 Å². The van der Waals surface area contributed by atoms with E-state index in [2.05, 4.69) is 4.98 Å². The van der Waals surface area contributed by atoms with Crippen LogP contribution >= 0.6 is 0 Å². The molecule has 0 unspecified atom stereocenters. The van der Waals surface area contributed by atoms with Gasteiger partial charge in [-0.05, 0) is 18.2 Å². The summed E-state index contributed by atoms with van der Waals surface area (Å²) in [5.41, 5.74) is 4.76. The number of carboxylic acids is 1. The summed E-state index contributed by atoms with van der Waals surface area (Å²) in [7, 11) is 0. The first kappa shape index (κ1) is 14.8. The predicted octanol–water partition coefficient (Wildman–Crippen LogP) is 1.63. The van der Waals surface area contributed by atoms with E-state index in [1.165, 1.54) is 12.1 Å². The third-order valence-electron chi connectivity index (χ3n) is 2.83. The maximum absolute atomic E-state index is 13.0. The fourth-order valence-corrected chi connectivity index (χ4v) is 1.93. The third-order valence-corrected chi connectivity index (χ3v) is 2.83. The second-order valence-electron chi connectivity index (χ2n) is 4.31. The molecule has 0 atom stereocenters. The molecule has 0 aliphatic rings. The summed E-state index contributed by atoms with van der Waals surface area (Å²) in [5.74, 6) is -3.20. The number of carboxylic acid groups (broad SMARTS) is 1. The maximum atomic E-state index is 13.0. The van der Waals surface area contributed by atoms with Crippen molar-refractivity contribution in [2.45, 2.75) is 19.1 Å². The van der Waals surface area contributed by atoms with Crippen LogP contribution in [0.3, 0.4) is 0 Å². The quantitative estimate of drug-likeness (QED) is 0.896. The highest BCUT2D eigenvalue weighted by molar-refractivity contribution is 5.92. The Kier molecular flexibility index (Phi) is 3.58. The molecule has 0 spiro atoms. The molecular formula is C12H10F3N3O3. The topological polar surface area (TPSA) is 98.2 Å². The van der Waals surface area contributed by atoms with Crippen molar-refractivity contribution in [3.63, 3.8) is 0 Å². The van der Waals surface area contributed by atoms with Crippen LogP contribution in [-0.2, 0) is 17.5 Å². The molecule has 1 aromatic carbocycles. The zero-order valence-electron chi connectivity index (χ0n) is 10.5. The predicted molar refractivity (Wildman–Crippen MR) is 65.5 cm³/mol. The molecule has 1 amide bonds. The van der Waals surface area contributed by atoms with Crippen molar-refractivity contribution >= 4 is 22.9 Å². The minimum atomic E-state index is -4.72. The van der Waals surface area contributed by atoms with Gasteiger partial charge in [-0.15, -0.1) is 0 Å². The van der Waals surface area contributed by atoms with Crippen LogP contribution in [0.4, 0.5) is 13.2 Å². The molecule has 9 heteroatoms. The molecule has 6 nitrogen and oxygen atoms in total. The lowest BCUT2D eigenvalue weighted by Crippen LogP contribution is -2.19. The first-order valence-corrected chi connectivity index (χ1v) is 5.79. The second kappa shape index (κ2) is 5.08. The van der Waals surface area contributed by atoms with Crippen molar-refractivity contribution in [2.75, 3.05) is 0 Å². The molecule has 2 aromatic rings. The average Bonchev–Trinajstić information content (AvgIpc) is 2.73. The lowest BCUT2D eigenvalue weighted by Gasteiger charge is -2.10. The van der Waals surface area contributed by atoms with E-state index in [0.717, 1.165) is 10.6 Å². The Labute approximate surface area is 116 Å². The fraction of sp³-hybridized carbons (Fsp3) is 0.250.